The summed E-state index contributed by atoms with van der Waals surface area (Å²) < 4.78 is 51.1. The molecule has 3 aliphatic heterocycles. The van der Waals surface area contributed by atoms with Gasteiger partial charge in [0.05, 0.1) is 43.3 Å². The maximum Gasteiger partial charge on any atom is 0.407 e. The number of ether oxygens (including phenoxy) is 4. The number of alkyl carbamates (subject to hydrolysis) is 1. The number of nitrogens with zero attached hydrogens (tertiary/aromatic N) is 2. The van der Waals surface area contributed by atoms with Crippen molar-refractivity contribution in [3.05, 3.63) is 60.2 Å². The van der Waals surface area contributed by atoms with E-state index >= 15 is 0 Å². The van der Waals surface area contributed by atoms with Crippen LogP contribution in [-0.4, -0.2) is 99.9 Å². The van der Waals surface area contributed by atoms with E-state index in [2.05, 4.69) is 22.3 Å². The standard InChI is InChI=1S/C34H49N3O8S/c1-24(2)20-37(46(40,41)28-11-9-27(42-3)10-12-28)22-31(38)30(35-34(39)45-32-23-44-33-29(32)15-18-43-33)19-25-13-16-36(17-14-25)21-26-7-5-4-6-8-26/h4-12,24-25,29-33,38H,13-23H2,1-3H3,(H,35,39). The first-order valence-electron chi connectivity index (χ1n) is 16.4. The minimum absolute atomic E-state index is 0.00878. The number of hydrogen-bond donors (Lipinski definition) is 2. The number of carbonyl (C=O) groups excluding carboxylic acids is 1. The summed E-state index contributed by atoms with van der Waals surface area (Å²) in [6.07, 6.45) is 0.485. The average Bonchev–Trinajstić information content (AvgIpc) is 3.67. The molecule has 2 N–H and O–H groups in total. The third-order valence-electron chi connectivity index (χ3n) is 9.21. The lowest BCUT2D eigenvalue weighted by Crippen LogP contribution is -2.52. The fraction of sp³-hybridized carbons (Fsp3) is 0.618. The number of aliphatic hydroxyl groups is 1. The number of fused-ring (bicyclic) bond motifs is 1. The van der Waals surface area contributed by atoms with E-state index in [1.165, 1.54) is 29.1 Å². The Morgan fingerprint density at radius 1 is 1.04 bits per heavy atom. The molecule has 5 unspecified atom stereocenters. The van der Waals surface area contributed by atoms with E-state index in [0.29, 0.717) is 18.8 Å². The molecule has 5 atom stereocenters. The molecule has 3 fully saturated rings. The second-order valence-corrected chi connectivity index (χ2v) is 15.1. The van der Waals surface area contributed by atoms with E-state index in [0.717, 1.165) is 38.9 Å². The van der Waals surface area contributed by atoms with Gasteiger partial charge in [0.2, 0.25) is 10.0 Å². The monoisotopic (exact) mass is 659 g/mol. The van der Waals surface area contributed by atoms with Gasteiger partial charge in [-0.2, -0.15) is 4.31 Å². The molecular formula is C34H49N3O8S. The van der Waals surface area contributed by atoms with E-state index in [4.69, 9.17) is 18.9 Å². The summed E-state index contributed by atoms with van der Waals surface area (Å²) in [6.45, 7) is 7.42. The number of methoxy groups -OCH3 is 1. The van der Waals surface area contributed by atoms with E-state index in [1.807, 2.05) is 32.0 Å². The lowest BCUT2D eigenvalue weighted by Gasteiger charge is -2.36. The molecule has 0 bridgehead atoms. The van der Waals surface area contributed by atoms with Crippen molar-refractivity contribution in [1.82, 2.24) is 14.5 Å². The average molecular weight is 660 g/mol. The first-order chi connectivity index (χ1) is 22.1. The summed E-state index contributed by atoms with van der Waals surface area (Å²) in [4.78, 5) is 15.8. The second-order valence-electron chi connectivity index (χ2n) is 13.1. The number of sulfonamides is 1. The minimum Gasteiger partial charge on any atom is -0.497 e. The summed E-state index contributed by atoms with van der Waals surface area (Å²) in [5.41, 5.74) is 1.27. The Morgan fingerprint density at radius 3 is 2.43 bits per heavy atom. The smallest absolute Gasteiger partial charge is 0.407 e. The number of hydrogen-bond acceptors (Lipinski definition) is 9. The number of carbonyl (C=O) groups is 1. The summed E-state index contributed by atoms with van der Waals surface area (Å²) in [6, 6.07) is 15.9. The molecule has 0 spiro atoms. The van der Waals surface area contributed by atoms with Gasteiger partial charge in [-0.05, 0) is 80.4 Å². The molecule has 12 heteroatoms. The van der Waals surface area contributed by atoms with Gasteiger partial charge >= 0.3 is 6.09 Å². The van der Waals surface area contributed by atoms with E-state index in [9.17, 15) is 18.3 Å². The molecule has 2 aromatic rings. The van der Waals surface area contributed by atoms with Crippen LogP contribution < -0.4 is 10.1 Å². The molecule has 0 aromatic heterocycles. The van der Waals surface area contributed by atoms with Crippen molar-refractivity contribution < 1.29 is 37.3 Å². The zero-order chi connectivity index (χ0) is 32.7. The van der Waals surface area contributed by atoms with Crippen LogP contribution in [0.3, 0.4) is 0 Å². The Hall–Kier alpha value is -2.74. The predicted molar refractivity (Wildman–Crippen MR) is 173 cm³/mol. The molecule has 254 valence electrons. The predicted octanol–water partition coefficient (Wildman–Crippen LogP) is 3.86. The summed E-state index contributed by atoms with van der Waals surface area (Å²) in [5.74, 6) is 0.787. The van der Waals surface area contributed by atoms with E-state index < -0.39 is 34.4 Å². The van der Waals surface area contributed by atoms with Crippen LogP contribution in [0.25, 0.3) is 0 Å². The molecule has 11 nitrogen and oxygen atoms in total. The quantitative estimate of drug-likeness (QED) is 0.311. The van der Waals surface area contributed by atoms with Crippen molar-refractivity contribution in [2.75, 3.05) is 46.5 Å². The molecule has 5 rings (SSSR count). The normalized spacial score (nSPS) is 23.7. The number of likely N-dealkylation sites (tertiary alicyclic amines) is 1. The molecule has 3 aliphatic rings. The fourth-order valence-corrected chi connectivity index (χ4v) is 8.30. The van der Waals surface area contributed by atoms with Crippen LogP contribution in [0.4, 0.5) is 4.79 Å². The summed E-state index contributed by atoms with van der Waals surface area (Å²) in [7, 11) is -2.42. The summed E-state index contributed by atoms with van der Waals surface area (Å²) in [5, 5.41) is 14.6. The highest BCUT2D eigenvalue weighted by Gasteiger charge is 2.44. The molecule has 0 saturated carbocycles. The lowest BCUT2D eigenvalue weighted by atomic mass is 9.88. The fourth-order valence-electron chi connectivity index (χ4n) is 6.67. The van der Waals surface area contributed by atoms with E-state index in [-0.39, 0.29) is 48.6 Å². The van der Waals surface area contributed by atoms with Crippen molar-refractivity contribution in [1.29, 1.82) is 0 Å². The van der Waals surface area contributed by atoms with Crippen LogP contribution >= 0.6 is 0 Å². The largest absolute Gasteiger partial charge is 0.497 e. The zero-order valence-electron chi connectivity index (χ0n) is 27.1. The molecular weight excluding hydrogens is 610 g/mol. The van der Waals surface area contributed by atoms with Crippen molar-refractivity contribution in [3.8, 4) is 5.75 Å². The van der Waals surface area contributed by atoms with Gasteiger partial charge in [-0.15, -0.1) is 0 Å². The van der Waals surface area contributed by atoms with Crippen LogP contribution in [0.5, 0.6) is 5.75 Å². The number of amides is 1. The Balaban J connectivity index is 1.27. The number of nitrogens with one attached hydrogen (secondary N) is 1. The highest BCUT2D eigenvalue weighted by molar-refractivity contribution is 7.89. The molecule has 0 aliphatic carbocycles. The van der Waals surface area contributed by atoms with Crippen molar-refractivity contribution in [2.45, 2.75) is 75.5 Å². The number of benzene rings is 2. The molecule has 2 aromatic carbocycles. The maximum atomic E-state index is 13.8. The number of rotatable bonds is 14. The highest BCUT2D eigenvalue weighted by atomic mass is 32.2. The Morgan fingerprint density at radius 2 is 1.76 bits per heavy atom. The molecule has 3 heterocycles. The zero-order valence-corrected chi connectivity index (χ0v) is 27.9. The van der Waals surface area contributed by atoms with Gasteiger partial charge in [-0.1, -0.05) is 44.2 Å². The van der Waals surface area contributed by atoms with Crippen LogP contribution in [0.1, 0.15) is 45.1 Å². The van der Waals surface area contributed by atoms with Gasteiger partial charge in [0, 0.05) is 19.6 Å². The minimum atomic E-state index is -3.94. The highest BCUT2D eigenvalue weighted by Crippen LogP contribution is 2.33. The second kappa shape index (κ2) is 15.9. The SMILES string of the molecule is COc1ccc(S(=O)(=O)N(CC(C)C)CC(O)C(CC2CCN(Cc3ccccc3)CC2)NC(=O)OC2COC3OCCC23)cc1. The molecule has 3 saturated heterocycles. The van der Waals surface area contributed by atoms with Gasteiger partial charge in [-0.3, -0.25) is 4.90 Å². The molecule has 1 amide bonds. The Labute approximate surface area is 273 Å². The number of piperidine rings is 1. The lowest BCUT2D eigenvalue weighted by molar-refractivity contribution is -0.0907. The van der Waals surface area contributed by atoms with Crippen molar-refractivity contribution >= 4 is 16.1 Å². The third kappa shape index (κ3) is 8.99. The Kier molecular flexibility index (Phi) is 12.0. The van der Waals surface area contributed by atoms with Crippen LogP contribution in [0, 0.1) is 17.8 Å². The van der Waals surface area contributed by atoms with Crippen molar-refractivity contribution in [3.63, 3.8) is 0 Å². The van der Waals surface area contributed by atoms with Gasteiger partial charge in [0.25, 0.3) is 0 Å². The van der Waals surface area contributed by atoms with Gasteiger partial charge in [-0.25, -0.2) is 13.2 Å². The van der Waals surface area contributed by atoms with E-state index in [1.54, 1.807) is 12.1 Å². The third-order valence-corrected chi connectivity index (χ3v) is 11.1. The molecule has 46 heavy (non-hydrogen) atoms. The maximum absolute atomic E-state index is 13.8. The number of aliphatic hydroxyl groups excluding tert-OH is 1. The van der Waals surface area contributed by atoms with Gasteiger partial charge in [0.15, 0.2) is 6.29 Å². The van der Waals surface area contributed by atoms with Crippen molar-refractivity contribution in [2.24, 2.45) is 17.8 Å². The van der Waals surface area contributed by atoms with Crippen LogP contribution in [-0.2, 0) is 30.8 Å². The van der Waals surface area contributed by atoms with Crippen LogP contribution in [0.15, 0.2) is 59.5 Å². The molecule has 0 radical (unpaired) electrons. The van der Waals surface area contributed by atoms with Crippen LogP contribution in [0.2, 0.25) is 0 Å². The van der Waals surface area contributed by atoms with Gasteiger partial charge in [0.1, 0.15) is 11.9 Å². The first kappa shape index (κ1) is 34.6. The van der Waals surface area contributed by atoms with Gasteiger partial charge < -0.3 is 29.4 Å². The summed E-state index contributed by atoms with van der Waals surface area (Å²) >= 11 is 0. The topological polar surface area (TPSA) is 127 Å². The first-order valence-corrected chi connectivity index (χ1v) is 17.8. The Bertz CT molecular complexity index is 1350.